The van der Waals surface area contributed by atoms with Gasteiger partial charge in [0.25, 0.3) is 0 Å². The fourth-order valence-corrected chi connectivity index (χ4v) is 2.50. The third kappa shape index (κ3) is 4.18. The predicted molar refractivity (Wildman–Crippen MR) is 76.7 cm³/mol. The molecule has 0 aromatic heterocycles. The number of rotatable bonds is 4. The second-order valence-electron chi connectivity index (χ2n) is 5.42. The van der Waals surface area contributed by atoms with Crippen LogP contribution in [0.3, 0.4) is 0 Å². The number of urea groups is 1. The number of halogens is 1. The van der Waals surface area contributed by atoms with E-state index in [1.54, 1.807) is 17.9 Å². The van der Waals surface area contributed by atoms with Crippen molar-refractivity contribution in [3.05, 3.63) is 29.6 Å². The minimum Gasteiger partial charge on any atom is -0.481 e. The fraction of sp³-hybridized carbons (Fsp3) is 0.467. The number of carboxylic acids is 1. The van der Waals surface area contributed by atoms with Crippen LogP contribution in [0, 0.1) is 18.7 Å². The first-order valence-electron chi connectivity index (χ1n) is 6.99. The highest BCUT2D eigenvalue weighted by atomic mass is 19.1. The Morgan fingerprint density at radius 1 is 1.48 bits per heavy atom. The Hall–Kier alpha value is -2.11. The Kier molecular flexibility index (Phi) is 4.77. The lowest BCUT2D eigenvalue weighted by molar-refractivity contribution is -0.137. The number of aliphatic carboxylic acids is 1. The molecule has 2 rings (SSSR count). The molecule has 21 heavy (non-hydrogen) atoms. The van der Waals surface area contributed by atoms with Crippen LogP contribution in [0.1, 0.15) is 24.8 Å². The molecule has 0 bridgehead atoms. The molecule has 1 aromatic rings. The van der Waals surface area contributed by atoms with Crippen LogP contribution in [-0.4, -0.2) is 35.1 Å². The van der Waals surface area contributed by atoms with Crippen LogP contribution < -0.4 is 5.32 Å². The lowest BCUT2D eigenvalue weighted by Gasteiger charge is -2.18. The molecular weight excluding hydrogens is 275 g/mol. The second kappa shape index (κ2) is 6.56. The summed E-state index contributed by atoms with van der Waals surface area (Å²) >= 11 is 0. The van der Waals surface area contributed by atoms with Gasteiger partial charge < -0.3 is 15.3 Å². The van der Waals surface area contributed by atoms with Crippen molar-refractivity contribution < 1.29 is 19.1 Å². The number of nitrogens with zero attached hydrogens (tertiary/aromatic N) is 1. The molecule has 5 nitrogen and oxygen atoms in total. The van der Waals surface area contributed by atoms with Gasteiger partial charge in [-0.1, -0.05) is 6.07 Å². The monoisotopic (exact) mass is 294 g/mol. The van der Waals surface area contributed by atoms with E-state index in [4.69, 9.17) is 5.11 Å². The van der Waals surface area contributed by atoms with Gasteiger partial charge in [0, 0.05) is 25.2 Å². The molecule has 1 saturated heterocycles. The number of aryl methyl sites for hydroxylation is 1. The first-order valence-corrected chi connectivity index (χ1v) is 6.99. The van der Waals surface area contributed by atoms with Crippen molar-refractivity contribution in [3.8, 4) is 0 Å². The summed E-state index contributed by atoms with van der Waals surface area (Å²) < 4.78 is 13.2. The number of amides is 2. The summed E-state index contributed by atoms with van der Waals surface area (Å²) in [5.74, 6) is -0.981. The summed E-state index contributed by atoms with van der Waals surface area (Å²) in [7, 11) is 0. The van der Waals surface area contributed by atoms with Crippen LogP contribution in [-0.2, 0) is 4.79 Å². The summed E-state index contributed by atoms with van der Waals surface area (Å²) in [5, 5.41) is 11.4. The average Bonchev–Trinajstić information content (AvgIpc) is 2.89. The van der Waals surface area contributed by atoms with Gasteiger partial charge in [0.15, 0.2) is 0 Å². The van der Waals surface area contributed by atoms with Crippen LogP contribution in [0.2, 0.25) is 0 Å². The van der Waals surface area contributed by atoms with Crippen molar-refractivity contribution >= 4 is 17.7 Å². The molecule has 1 aliphatic heterocycles. The van der Waals surface area contributed by atoms with Crippen LogP contribution >= 0.6 is 0 Å². The van der Waals surface area contributed by atoms with Gasteiger partial charge in [0.1, 0.15) is 5.82 Å². The third-order valence-corrected chi connectivity index (χ3v) is 3.78. The molecule has 1 aliphatic rings. The molecule has 114 valence electrons. The fourth-order valence-electron chi connectivity index (χ4n) is 2.50. The Morgan fingerprint density at radius 3 is 2.95 bits per heavy atom. The van der Waals surface area contributed by atoms with E-state index >= 15 is 0 Å². The van der Waals surface area contributed by atoms with Crippen LogP contribution in [0.15, 0.2) is 18.2 Å². The quantitative estimate of drug-likeness (QED) is 0.897. The maximum Gasteiger partial charge on any atom is 0.321 e. The van der Waals surface area contributed by atoms with E-state index in [1.165, 1.54) is 12.1 Å². The zero-order chi connectivity index (χ0) is 15.4. The molecule has 1 unspecified atom stereocenters. The number of hydrogen-bond acceptors (Lipinski definition) is 2. The number of nitrogens with one attached hydrogen (secondary N) is 1. The van der Waals surface area contributed by atoms with Gasteiger partial charge >= 0.3 is 12.0 Å². The molecule has 1 fully saturated rings. The molecule has 2 amide bonds. The number of hydrogen-bond donors (Lipinski definition) is 2. The van der Waals surface area contributed by atoms with E-state index in [9.17, 15) is 14.0 Å². The highest BCUT2D eigenvalue weighted by Gasteiger charge is 2.26. The van der Waals surface area contributed by atoms with E-state index in [0.717, 1.165) is 12.0 Å². The minimum atomic E-state index is -0.812. The lowest BCUT2D eigenvalue weighted by atomic mass is 10.0. The van der Waals surface area contributed by atoms with Crippen LogP contribution in [0.4, 0.5) is 14.9 Å². The van der Waals surface area contributed by atoms with Crippen LogP contribution in [0.25, 0.3) is 0 Å². The molecule has 6 heteroatoms. The average molecular weight is 294 g/mol. The number of anilines is 1. The molecule has 0 spiro atoms. The number of likely N-dealkylation sites (tertiary alicyclic amines) is 1. The molecule has 0 aliphatic carbocycles. The Bertz CT molecular complexity index is 548. The van der Waals surface area contributed by atoms with Crippen molar-refractivity contribution in [2.24, 2.45) is 5.92 Å². The maximum absolute atomic E-state index is 13.2. The van der Waals surface area contributed by atoms with Crippen molar-refractivity contribution in [1.82, 2.24) is 4.90 Å². The SMILES string of the molecule is Cc1ccc(F)cc1NC(=O)N1CCC(CCC(=O)O)C1. The first kappa shape index (κ1) is 15.3. The van der Waals surface area contributed by atoms with E-state index in [0.29, 0.717) is 25.2 Å². The molecule has 1 atom stereocenters. The molecule has 2 N–H and O–H groups in total. The third-order valence-electron chi connectivity index (χ3n) is 3.78. The summed E-state index contributed by atoms with van der Waals surface area (Å²) in [5.41, 5.74) is 1.26. The minimum absolute atomic E-state index is 0.128. The Morgan fingerprint density at radius 2 is 2.24 bits per heavy atom. The van der Waals surface area contributed by atoms with Crippen molar-refractivity contribution in [3.63, 3.8) is 0 Å². The van der Waals surface area contributed by atoms with E-state index in [2.05, 4.69) is 5.32 Å². The van der Waals surface area contributed by atoms with E-state index in [-0.39, 0.29) is 18.4 Å². The zero-order valence-corrected chi connectivity index (χ0v) is 11.9. The highest BCUT2D eigenvalue weighted by molar-refractivity contribution is 5.90. The number of benzene rings is 1. The number of carboxylic acid groups (broad SMARTS) is 1. The zero-order valence-electron chi connectivity index (χ0n) is 11.9. The molecule has 1 aromatic carbocycles. The van der Waals surface area contributed by atoms with Crippen molar-refractivity contribution in [2.45, 2.75) is 26.2 Å². The molecule has 0 radical (unpaired) electrons. The lowest BCUT2D eigenvalue weighted by Crippen LogP contribution is -2.33. The summed E-state index contributed by atoms with van der Waals surface area (Å²) in [4.78, 5) is 24.3. The van der Waals surface area contributed by atoms with Crippen molar-refractivity contribution in [2.75, 3.05) is 18.4 Å². The van der Waals surface area contributed by atoms with Crippen LogP contribution in [0.5, 0.6) is 0 Å². The highest BCUT2D eigenvalue weighted by Crippen LogP contribution is 2.23. The van der Waals surface area contributed by atoms with Gasteiger partial charge in [-0.05, 0) is 43.4 Å². The van der Waals surface area contributed by atoms with Crippen molar-refractivity contribution in [1.29, 1.82) is 0 Å². The summed E-state index contributed by atoms with van der Waals surface area (Å²) in [6, 6.07) is 4.00. The number of carbonyl (C=O) groups is 2. The van der Waals surface area contributed by atoms with Gasteiger partial charge in [0.05, 0.1) is 0 Å². The number of carbonyl (C=O) groups excluding carboxylic acids is 1. The van der Waals surface area contributed by atoms with Gasteiger partial charge in [0.2, 0.25) is 0 Å². The van der Waals surface area contributed by atoms with Gasteiger partial charge in [-0.25, -0.2) is 9.18 Å². The maximum atomic E-state index is 13.2. The van der Waals surface area contributed by atoms with E-state index < -0.39 is 11.8 Å². The smallest absolute Gasteiger partial charge is 0.321 e. The molecule has 1 heterocycles. The normalized spacial score (nSPS) is 17.8. The molecular formula is C15H19FN2O3. The van der Waals surface area contributed by atoms with Gasteiger partial charge in [-0.15, -0.1) is 0 Å². The topological polar surface area (TPSA) is 69.6 Å². The van der Waals surface area contributed by atoms with Gasteiger partial charge in [-0.3, -0.25) is 4.79 Å². The first-order chi connectivity index (χ1) is 9.95. The Labute approximate surface area is 122 Å². The summed E-state index contributed by atoms with van der Waals surface area (Å²) in [6.45, 7) is 2.95. The summed E-state index contributed by atoms with van der Waals surface area (Å²) in [6.07, 6.45) is 1.52. The Balaban J connectivity index is 1.90. The van der Waals surface area contributed by atoms with Gasteiger partial charge in [-0.2, -0.15) is 0 Å². The second-order valence-corrected chi connectivity index (χ2v) is 5.42. The van der Waals surface area contributed by atoms with E-state index in [1.807, 2.05) is 0 Å². The molecule has 0 saturated carbocycles. The largest absolute Gasteiger partial charge is 0.481 e. The standard InChI is InChI=1S/C15H19FN2O3/c1-10-2-4-12(16)8-13(10)17-15(21)18-7-6-11(9-18)3-5-14(19)20/h2,4,8,11H,3,5-7,9H2,1H3,(H,17,21)(H,19,20). The predicted octanol–water partition coefficient (Wildman–Crippen LogP) is 2.85.